The predicted molar refractivity (Wildman–Crippen MR) is 134 cm³/mol. The Balaban J connectivity index is 1.68. The zero-order valence-corrected chi connectivity index (χ0v) is 19.8. The van der Waals surface area contributed by atoms with Gasteiger partial charge in [-0.25, -0.2) is 0 Å². The van der Waals surface area contributed by atoms with Crippen molar-refractivity contribution in [2.45, 2.75) is 77.4 Å². The highest BCUT2D eigenvalue weighted by molar-refractivity contribution is 5.97. The summed E-state index contributed by atoms with van der Waals surface area (Å²) in [4.78, 5) is 31.2. The molecule has 2 aromatic rings. The van der Waals surface area contributed by atoms with Gasteiger partial charge in [-0.05, 0) is 88.1 Å². The lowest BCUT2D eigenvalue weighted by Crippen LogP contribution is -2.41. The maximum absolute atomic E-state index is 13.3. The zero-order chi connectivity index (χ0) is 23.4. The van der Waals surface area contributed by atoms with Gasteiger partial charge in [0, 0.05) is 47.7 Å². The number of fused-ring (bicyclic) bond motifs is 2. The molecule has 2 heterocycles. The second kappa shape index (κ2) is 10.4. The first-order valence-electron chi connectivity index (χ1n) is 12.3. The number of nitrogens with one attached hydrogen (secondary N) is 2. The van der Waals surface area contributed by atoms with Crippen LogP contribution in [0.1, 0.15) is 71.8 Å². The van der Waals surface area contributed by atoms with Gasteiger partial charge < -0.3 is 20.9 Å². The number of nitrogens with zero attached hydrogens (tertiary/aromatic N) is 1. The molecule has 1 saturated carbocycles. The number of aromatic amines is 1. The van der Waals surface area contributed by atoms with Crippen molar-refractivity contribution < 1.29 is 4.79 Å². The molecule has 0 radical (unpaired) electrons. The maximum Gasteiger partial charge on any atom is 0.253 e. The fraction of sp³-hybridized carbons (Fsp3) is 0.481. The number of anilines is 1. The lowest BCUT2D eigenvalue weighted by atomic mass is 9.89. The molecule has 0 atom stereocenters. The maximum atomic E-state index is 13.3. The third kappa shape index (κ3) is 5.22. The SMILES string of the molecule is CCN(c1cccc2c1C/C=C\CCc1cc(C)[nH]c(=O)c1CNC2=O)C1CCC(N)CC1. The van der Waals surface area contributed by atoms with Crippen LogP contribution in [0.3, 0.4) is 0 Å². The van der Waals surface area contributed by atoms with Crippen LogP contribution in [0.15, 0.2) is 41.2 Å². The standard InChI is InChI=1S/C27H36N4O2/c1-3-31(21-14-12-20(28)13-15-21)25-11-7-10-23-22(25)9-6-4-5-8-19-16-18(2)30-27(33)24(19)17-29-26(23)32/h4,6-7,10-11,16,20-21H,3,5,8-9,12-15,17,28H2,1-2H3,(H,29,32)(H,30,33)/b6-4-. The third-order valence-electron chi connectivity index (χ3n) is 7.09. The Morgan fingerprint density at radius 3 is 2.64 bits per heavy atom. The number of aromatic nitrogens is 1. The largest absolute Gasteiger partial charge is 0.369 e. The Morgan fingerprint density at radius 1 is 1.09 bits per heavy atom. The topological polar surface area (TPSA) is 91.2 Å². The molecule has 1 aliphatic heterocycles. The van der Waals surface area contributed by atoms with Crippen molar-refractivity contribution in [3.63, 3.8) is 0 Å². The first-order valence-corrected chi connectivity index (χ1v) is 12.3. The molecule has 0 saturated heterocycles. The second-order valence-corrected chi connectivity index (χ2v) is 9.34. The van der Waals surface area contributed by atoms with E-state index in [2.05, 4.69) is 40.3 Å². The van der Waals surface area contributed by atoms with Gasteiger partial charge in [-0.1, -0.05) is 18.2 Å². The lowest BCUT2D eigenvalue weighted by molar-refractivity contribution is 0.0950. The van der Waals surface area contributed by atoms with E-state index in [0.29, 0.717) is 29.6 Å². The number of aryl methyl sites for hydroxylation is 2. The summed E-state index contributed by atoms with van der Waals surface area (Å²) in [5.74, 6) is -0.131. The number of H-pyrrole nitrogens is 1. The average molecular weight is 449 g/mol. The number of rotatable bonds is 3. The van der Waals surface area contributed by atoms with Crippen molar-refractivity contribution in [1.82, 2.24) is 10.3 Å². The van der Waals surface area contributed by atoms with E-state index in [4.69, 9.17) is 5.73 Å². The van der Waals surface area contributed by atoms with Gasteiger partial charge in [-0.15, -0.1) is 0 Å². The Kier molecular flexibility index (Phi) is 7.33. The molecule has 2 aliphatic rings. The van der Waals surface area contributed by atoms with Crippen molar-refractivity contribution in [3.8, 4) is 0 Å². The van der Waals surface area contributed by atoms with Crippen LogP contribution in [0.4, 0.5) is 5.69 Å². The summed E-state index contributed by atoms with van der Waals surface area (Å²) in [6.07, 6.45) is 11.0. The van der Waals surface area contributed by atoms with Gasteiger partial charge in [-0.3, -0.25) is 9.59 Å². The predicted octanol–water partition coefficient (Wildman–Crippen LogP) is 3.75. The van der Waals surface area contributed by atoms with E-state index in [0.717, 1.165) is 67.6 Å². The van der Waals surface area contributed by atoms with E-state index in [1.165, 1.54) is 0 Å². The molecule has 1 fully saturated rings. The smallest absolute Gasteiger partial charge is 0.253 e. The van der Waals surface area contributed by atoms with Crippen LogP contribution in [0, 0.1) is 6.92 Å². The molecule has 1 amide bonds. The van der Waals surface area contributed by atoms with Crippen molar-refractivity contribution in [2.75, 3.05) is 11.4 Å². The minimum absolute atomic E-state index is 0.118. The van der Waals surface area contributed by atoms with Crippen LogP contribution in [-0.2, 0) is 19.4 Å². The van der Waals surface area contributed by atoms with Gasteiger partial charge in [0.05, 0.1) is 0 Å². The highest BCUT2D eigenvalue weighted by Crippen LogP contribution is 2.32. The minimum Gasteiger partial charge on any atom is -0.369 e. The minimum atomic E-state index is -0.131. The van der Waals surface area contributed by atoms with E-state index in [-0.39, 0.29) is 18.0 Å². The molecule has 6 nitrogen and oxygen atoms in total. The molecule has 0 bridgehead atoms. The summed E-state index contributed by atoms with van der Waals surface area (Å²) in [7, 11) is 0. The molecule has 176 valence electrons. The molecule has 0 unspecified atom stereocenters. The van der Waals surface area contributed by atoms with Gasteiger partial charge in [0.15, 0.2) is 0 Å². The molecule has 1 aromatic heterocycles. The normalized spacial score (nSPS) is 22.2. The number of amides is 1. The highest BCUT2D eigenvalue weighted by atomic mass is 16.1. The zero-order valence-electron chi connectivity index (χ0n) is 19.8. The first kappa shape index (κ1) is 23.3. The number of carbonyl (C=O) groups is 1. The summed E-state index contributed by atoms with van der Waals surface area (Å²) in [6, 6.07) is 8.79. The van der Waals surface area contributed by atoms with Crippen LogP contribution in [-0.4, -0.2) is 29.5 Å². The fourth-order valence-corrected chi connectivity index (χ4v) is 5.33. The Labute approximate surface area is 196 Å². The van der Waals surface area contributed by atoms with Crippen LogP contribution < -0.4 is 21.5 Å². The van der Waals surface area contributed by atoms with Crippen LogP contribution in [0.2, 0.25) is 0 Å². The molecule has 0 spiro atoms. The number of benzene rings is 1. The van der Waals surface area contributed by atoms with Crippen LogP contribution >= 0.6 is 0 Å². The summed E-state index contributed by atoms with van der Waals surface area (Å²) in [5.41, 5.74) is 11.4. The molecule has 33 heavy (non-hydrogen) atoms. The summed E-state index contributed by atoms with van der Waals surface area (Å²) >= 11 is 0. The Morgan fingerprint density at radius 2 is 1.88 bits per heavy atom. The van der Waals surface area contributed by atoms with Crippen LogP contribution in [0.25, 0.3) is 0 Å². The van der Waals surface area contributed by atoms with Crippen molar-refractivity contribution >= 4 is 11.6 Å². The number of carbonyl (C=O) groups excluding carboxylic acids is 1. The Hall–Kier alpha value is -2.86. The van der Waals surface area contributed by atoms with E-state index in [9.17, 15) is 9.59 Å². The molecule has 6 heteroatoms. The molecule has 1 aromatic carbocycles. The molecule has 4 N–H and O–H groups in total. The second-order valence-electron chi connectivity index (χ2n) is 9.34. The fourth-order valence-electron chi connectivity index (χ4n) is 5.33. The van der Waals surface area contributed by atoms with E-state index < -0.39 is 0 Å². The summed E-state index contributed by atoms with van der Waals surface area (Å²) < 4.78 is 0. The van der Waals surface area contributed by atoms with Crippen LogP contribution in [0.5, 0.6) is 0 Å². The van der Waals surface area contributed by atoms with E-state index in [1.54, 1.807) is 0 Å². The van der Waals surface area contributed by atoms with Crippen molar-refractivity contribution in [2.24, 2.45) is 5.73 Å². The quantitative estimate of drug-likeness (QED) is 0.624. The lowest BCUT2D eigenvalue weighted by Gasteiger charge is -2.38. The van der Waals surface area contributed by atoms with Crippen molar-refractivity contribution in [1.29, 1.82) is 0 Å². The average Bonchev–Trinajstić information content (AvgIpc) is 2.79. The Bertz CT molecular complexity index is 1080. The molecule has 1 aliphatic carbocycles. The number of hydrogen-bond donors (Lipinski definition) is 3. The first-order chi connectivity index (χ1) is 16.0. The number of hydrogen-bond acceptors (Lipinski definition) is 4. The number of allylic oxidation sites excluding steroid dienone is 2. The van der Waals surface area contributed by atoms with Gasteiger partial charge >= 0.3 is 0 Å². The van der Waals surface area contributed by atoms with Gasteiger partial charge in [0.1, 0.15) is 0 Å². The highest BCUT2D eigenvalue weighted by Gasteiger charge is 2.26. The number of nitrogens with two attached hydrogens (primary N) is 1. The molecule has 4 rings (SSSR count). The van der Waals surface area contributed by atoms with Gasteiger partial charge in [0.2, 0.25) is 0 Å². The van der Waals surface area contributed by atoms with Gasteiger partial charge in [-0.2, -0.15) is 0 Å². The van der Waals surface area contributed by atoms with Crippen molar-refractivity contribution in [3.05, 3.63) is 74.7 Å². The van der Waals surface area contributed by atoms with E-state index >= 15 is 0 Å². The molecular weight excluding hydrogens is 412 g/mol. The monoisotopic (exact) mass is 448 g/mol. The summed E-state index contributed by atoms with van der Waals surface area (Å²) in [5, 5.41) is 3.02. The molecular formula is C27H36N4O2. The summed E-state index contributed by atoms with van der Waals surface area (Å²) in [6.45, 7) is 5.20. The van der Waals surface area contributed by atoms with Gasteiger partial charge in [0.25, 0.3) is 11.5 Å². The number of pyridine rings is 1. The third-order valence-corrected chi connectivity index (χ3v) is 7.09. The van der Waals surface area contributed by atoms with E-state index in [1.807, 2.05) is 25.1 Å².